The van der Waals surface area contributed by atoms with E-state index in [-0.39, 0.29) is 75.2 Å². The Labute approximate surface area is 398 Å². The van der Waals surface area contributed by atoms with Crippen LogP contribution < -0.4 is 9.47 Å². The molecule has 2 heterocycles. The van der Waals surface area contributed by atoms with Gasteiger partial charge in [-0.25, -0.2) is 9.59 Å². The number of aromatic nitrogens is 2. The van der Waals surface area contributed by atoms with E-state index in [1.54, 1.807) is 61.5 Å². The molecule has 15 nitrogen and oxygen atoms in total. The first-order valence-corrected chi connectivity index (χ1v) is 22.1. The predicted octanol–water partition coefficient (Wildman–Crippen LogP) is 8.53. The maximum Gasteiger partial charge on any atom is 0.330 e. The largest absolute Gasteiger partial charge is 0.495 e. The Morgan fingerprint density at radius 1 is 0.536 bits per heavy atom. The Balaban J connectivity index is 1.18. The highest BCUT2D eigenvalue weighted by molar-refractivity contribution is 6.24. The summed E-state index contributed by atoms with van der Waals surface area (Å²) in [6.45, 7) is 12.0. The maximum atomic E-state index is 14.3. The van der Waals surface area contributed by atoms with Crippen molar-refractivity contribution in [1.29, 1.82) is 0 Å². The van der Waals surface area contributed by atoms with E-state index in [1.807, 2.05) is 50.3 Å². The van der Waals surface area contributed by atoms with Crippen molar-refractivity contribution in [2.45, 2.75) is 58.3 Å². The molecule has 2 aromatic heterocycles. The van der Waals surface area contributed by atoms with Crippen LogP contribution in [0.15, 0.2) is 146 Å². The quantitative estimate of drug-likeness (QED) is 0.0253. The van der Waals surface area contributed by atoms with Crippen LogP contribution in [-0.2, 0) is 42.9 Å². The van der Waals surface area contributed by atoms with Crippen LogP contribution in [0.3, 0.4) is 0 Å². The smallest absolute Gasteiger partial charge is 0.330 e. The van der Waals surface area contributed by atoms with E-state index in [9.17, 15) is 33.6 Å². The third kappa shape index (κ3) is 13.0. The summed E-state index contributed by atoms with van der Waals surface area (Å²) < 4.78 is 31.2. The van der Waals surface area contributed by atoms with Gasteiger partial charge in [0.05, 0.1) is 37.4 Å². The molecule has 0 aliphatic heterocycles. The molecular formula is C54H50N2O13. The predicted molar refractivity (Wildman–Crippen MR) is 253 cm³/mol. The summed E-state index contributed by atoms with van der Waals surface area (Å²) >= 11 is 0. The van der Waals surface area contributed by atoms with Gasteiger partial charge in [-0.3, -0.25) is 33.9 Å². The molecule has 6 rings (SSSR count). The van der Waals surface area contributed by atoms with Gasteiger partial charge in [0.15, 0.2) is 11.6 Å². The van der Waals surface area contributed by atoms with Gasteiger partial charge in [0.2, 0.25) is 0 Å². The van der Waals surface area contributed by atoms with Crippen molar-refractivity contribution in [2.24, 2.45) is 0 Å². The van der Waals surface area contributed by atoms with Gasteiger partial charge in [-0.2, -0.15) is 0 Å². The molecule has 0 saturated carbocycles. The number of esters is 5. The third-order valence-corrected chi connectivity index (χ3v) is 11.1. The molecule has 2 unspecified atom stereocenters. The molecule has 2 aromatic carbocycles. The third-order valence-electron chi connectivity index (χ3n) is 11.1. The molecule has 0 bridgehead atoms. The number of allylic oxidation sites excluding steroid dienone is 8. The van der Waals surface area contributed by atoms with Crippen molar-refractivity contribution in [1.82, 2.24) is 9.97 Å². The van der Waals surface area contributed by atoms with Gasteiger partial charge in [-0.05, 0) is 71.7 Å². The zero-order chi connectivity index (χ0) is 49.5. The molecule has 0 amide bonds. The van der Waals surface area contributed by atoms with Gasteiger partial charge in [-0.1, -0.05) is 75.5 Å². The highest BCUT2D eigenvalue weighted by Crippen LogP contribution is 2.44. The Morgan fingerprint density at radius 2 is 0.942 bits per heavy atom. The first-order chi connectivity index (χ1) is 33.3. The normalized spacial score (nSPS) is 14.9. The number of benzene rings is 2. The number of hydrogen-bond acceptors (Lipinski definition) is 15. The number of ether oxygens (including phenoxy) is 6. The van der Waals surface area contributed by atoms with Crippen LogP contribution in [0.4, 0.5) is 0 Å². The first-order valence-electron chi connectivity index (χ1n) is 22.1. The van der Waals surface area contributed by atoms with Crippen molar-refractivity contribution in [3.05, 3.63) is 179 Å². The Hall–Kier alpha value is -8.33. The number of pyridine rings is 2. The molecule has 0 N–H and O–H groups in total. The molecule has 0 spiro atoms. The van der Waals surface area contributed by atoms with Crippen LogP contribution >= 0.6 is 0 Å². The average Bonchev–Trinajstić information content (AvgIpc) is 3.37. The van der Waals surface area contributed by atoms with Crippen molar-refractivity contribution in [3.8, 4) is 11.5 Å². The fourth-order valence-electron chi connectivity index (χ4n) is 7.46. The molecule has 69 heavy (non-hydrogen) atoms. The van der Waals surface area contributed by atoms with Crippen molar-refractivity contribution in [2.75, 3.05) is 26.4 Å². The van der Waals surface area contributed by atoms with E-state index < -0.39 is 41.7 Å². The molecular weight excluding hydrogens is 885 g/mol. The van der Waals surface area contributed by atoms with Crippen molar-refractivity contribution >= 4 is 52.6 Å². The summed E-state index contributed by atoms with van der Waals surface area (Å²) in [5.41, 5.74) is 5.86. The molecule has 0 saturated heterocycles. The SMILES string of the molecule is C=CC(=O)OCCOC(=O)CCC(=O)Oc1ccc(C(C)C2=C/C(=C3/C=C(C(C)c4ccc(OC(=O)CC/C(=C/C)OCCOC(=O)C=C)cn4)C(=O)c4ccccc43)c3ccccc3C2=O)nc1. The first kappa shape index (κ1) is 50.1. The van der Waals surface area contributed by atoms with Crippen LogP contribution in [-0.4, -0.2) is 77.8 Å². The van der Waals surface area contributed by atoms with E-state index >= 15 is 0 Å². The molecule has 2 aliphatic carbocycles. The average molecular weight is 935 g/mol. The van der Waals surface area contributed by atoms with E-state index in [4.69, 9.17) is 28.4 Å². The zero-order valence-electron chi connectivity index (χ0n) is 38.4. The highest BCUT2D eigenvalue weighted by atomic mass is 16.6. The molecule has 2 atom stereocenters. The fraction of sp³-hybridized carbons (Fsp3) is 0.241. The topological polar surface area (TPSA) is 201 Å². The van der Waals surface area contributed by atoms with Crippen LogP contribution in [0.25, 0.3) is 11.1 Å². The minimum Gasteiger partial charge on any atom is -0.495 e. The number of fused-ring (bicyclic) bond motifs is 2. The number of carbonyl (C=O) groups excluding carboxylic acids is 7. The van der Waals surface area contributed by atoms with Crippen LogP contribution in [0, 0.1) is 0 Å². The molecule has 0 fully saturated rings. The zero-order valence-corrected chi connectivity index (χ0v) is 38.4. The summed E-state index contributed by atoms with van der Waals surface area (Å²) in [5.74, 6) is -3.52. The molecule has 354 valence electrons. The van der Waals surface area contributed by atoms with E-state index in [2.05, 4.69) is 23.1 Å². The van der Waals surface area contributed by atoms with Crippen molar-refractivity contribution < 1.29 is 62.0 Å². The Morgan fingerprint density at radius 3 is 1.36 bits per heavy atom. The second-order valence-electron chi connectivity index (χ2n) is 15.6. The Kier molecular flexibility index (Phi) is 17.4. The summed E-state index contributed by atoms with van der Waals surface area (Å²) in [6.07, 6.45) is 10.1. The number of hydrogen-bond donors (Lipinski definition) is 0. The monoisotopic (exact) mass is 934 g/mol. The van der Waals surface area contributed by atoms with Gasteiger partial charge < -0.3 is 28.4 Å². The number of nitrogens with zero attached hydrogens (tertiary/aromatic N) is 2. The lowest BCUT2D eigenvalue weighted by molar-refractivity contribution is -0.151. The summed E-state index contributed by atoms with van der Waals surface area (Å²) in [4.78, 5) is 97.3. The number of ketones is 2. The minimum absolute atomic E-state index is 0.0244. The van der Waals surface area contributed by atoms with Crippen molar-refractivity contribution in [3.63, 3.8) is 0 Å². The standard InChI is InChI=1S/C54H50N2O13/c1-6-35(64-25-26-65-48(57)7-2)19-22-51(60)68-36-17-20-46(55-31-36)33(4)42-29-44(38-13-9-11-15-40(38)53(42)62)45-30-43(54(63)41-16-12-10-14-39(41)45)34(5)47-21-18-37(32-56-47)69-52(61)24-23-50(59)67-28-27-66-49(58)8-3/h6-18,20-21,29-34H,2-3,19,22-28H2,1,4-5H3/b35-6-,45-44+. The second kappa shape index (κ2) is 23.9. The second-order valence-corrected chi connectivity index (χ2v) is 15.6. The Bertz CT molecular complexity index is 2780. The van der Waals surface area contributed by atoms with Crippen LogP contribution in [0.2, 0.25) is 0 Å². The lowest BCUT2D eigenvalue weighted by atomic mass is 9.75. The lowest BCUT2D eigenvalue weighted by Gasteiger charge is -2.27. The maximum absolute atomic E-state index is 14.3. The number of carbonyl (C=O) groups is 7. The van der Waals surface area contributed by atoms with Gasteiger partial charge in [0, 0.05) is 64.1 Å². The molecule has 0 radical (unpaired) electrons. The van der Waals surface area contributed by atoms with Gasteiger partial charge in [0.25, 0.3) is 0 Å². The van der Waals surface area contributed by atoms with Gasteiger partial charge >= 0.3 is 29.8 Å². The van der Waals surface area contributed by atoms with Gasteiger partial charge in [-0.15, -0.1) is 0 Å². The van der Waals surface area contributed by atoms with E-state index in [0.29, 0.717) is 50.5 Å². The highest BCUT2D eigenvalue weighted by Gasteiger charge is 2.33. The molecule has 15 heteroatoms. The van der Waals surface area contributed by atoms with Gasteiger partial charge in [0.1, 0.15) is 37.9 Å². The van der Waals surface area contributed by atoms with E-state index in [0.717, 1.165) is 23.3 Å². The summed E-state index contributed by atoms with van der Waals surface area (Å²) in [7, 11) is 0. The summed E-state index contributed by atoms with van der Waals surface area (Å²) in [5, 5.41) is 0. The molecule has 4 aromatic rings. The summed E-state index contributed by atoms with van der Waals surface area (Å²) in [6, 6.07) is 21.2. The van der Waals surface area contributed by atoms with E-state index in [1.165, 1.54) is 12.4 Å². The minimum atomic E-state index is -0.686. The number of rotatable bonds is 21. The van der Waals surface area contributed by atoms with Crippen LogP contribution in [0.5, 0.6) is 11.5 Å². The fourth-order valence-corrected chi connectivity index (χ4v) is 7.46. The lowest BCUT2D eigenvalue weighted by Crippen LogP contribution is -2.20. The van der Waals surface area contributed by atoms with Crippen LogP contribution in [0.1, 0.15) is 102 Å². The number of Topliss-reactive ketones (excluding diaryl/α,β-unsaturated/α-hetero) is 2. The molecule has 2 aliphatic rings.